The minimum atomic E-state index is -1.11. The number of benzene rings is 1. The van der Waals surface area contributed by atoms with Crippen LogP contribution in [0, 0.1) is 6.92 Å². The number of ether oxygens (including phenoxy) is 1. The van der Waals surface area contributed by atoms with Gasteiger partial charge in [0.2, 0.25) is 0 Å². The number of carbonyl (C=O) groups excluding carboxylic acids is 1. The Balaban J connectivity index is 2.52. The Morgan fingerprint density at radius 1 is 1.40 bits per heavy atom. The Bertz CT molecular complexity index is 375. The summed E-state index contributed by atoms with van der Waals surface area (Å²) in [5.74, 6) is -0.697. The molecule has 5 heteroatoms. The van der Waals surface area contributed by atoms with Gasteiger partial charge in [-0.15, -0.1) is 0 Å². The number of carboxylic acid groups (broad SMARTS) is 1. The first kappa shape index (κ1) is 11.0. The largest absolute Gasteiger partial charge is 0.480 e. The first-order valence-corrected chi connectivity index (χ1v) is 4.32. The zero-order valence-corrected chi connectivity index (χ0v) is 8.19. The molecular weight excluding hydrogens is 198 g/mol. The van der Waals surface area contributed by atoms with Gasteiger partial charge in [-0.1, -0.05) is 18.2 Å². The van der Waals surface area contributed by atoms with Gasteiger partial charge in [0.15, 0.2) is 0 Å². The van der Waals surface area contributed by atoms with Gasteiger partial charge in [0.1, 0.15) is 12.3 Å². The van der Waals surface area contributed by atoms with Gasteiger partial charge in [0.25, 0.3) is 0 Å². The van der Waals surface area contributed by atoms with E-state index in [0.717, 1.165) is 5.56 Å². The fourth-order valence-corrected chi connectivity index (χ4v) is 0.955. The van der Waals surface area contributed by atoms with Crippen molar-refractivity contribution >= 4 is 12.1 Å². The second kappa shape index (κ2) is 4.99. The van der Waals surface area contributed by atoms with Crippen molar-refractivity contribution in [1.29, 1.82) is 0 Å². The standard InChI is InChI=1S/C10H11NO4/c1-7-4-2-3-5-8(7)15-10(14)11-6-9(12)13/h2-5H,6H2,1H3,(H,11,14)(H,12,13). The molecule has 0 aliphatic rings. The van der Waals surface area contributed by atoms with Crippen molar-refractivity contribution in [2.24, 2.45) is 0 Å². The molecule has 0 radical (unpaired) electrons. The third-order valence-corrected chi connectivity index (χ3v) is 1.68. The summed E-state index contributed by atoms with van der Waals surface area (Å²) in [6.07, 6.45) is -0.772. The maximum Gasteiger partial charge on any atom is 0.413 e. The zero-order valence-electron chi connectivity index (χ0n) is 8.19. The summed E-state index contributed by atoms with van der Waals surface area (Å²) in [4.78, 5) is 21.2. The van der Waals surface area contributed by atoms with E-state index in [-0.39, 0.29) is 0 Å². The van der Waals surface area contributed by atoms with Crippen molar-refractivity contribution in [3.05, 3.63) is 29.8 Å². The van der Waals surface area contributed by atoms with E-state index in [4.69, 9.17) is 9.84 Å². The number of carbonyl (C=O) groups is 2. The number of rotatable bonds is 3. The van der Waals surface area contributed by atoms with Crippen LogP contribution in [0.4, 0.5) is 4.79 Å². The quantitative estimate of drug-likeness (QED) is 0.783. The summed E-state index contributed by atoms with van der Waals surface area (Å²) >= 11 is 0. The molecule has 0 spiro atoms. The maximum absolute atomic E-state index is 11.1. The summed E-state index contributed by atoms with van der Waals surface area (Å²) in [5, 5.41) is 10.4. The van der Waals surface area contributed by atoms with Crippen molar-refractivity contribution < 1.29 is 19.4 Å². The van der Waals surface area contributed by atoms with E-state index < -0.39 is 18.6 Å². The molecule has 1 rings (SSSR count). The highest BCUT2D eigenvalue weighted by atomic mass is 16.6. The smallest absolute Gasteiger partial charge is 0.413 e. The van der Waals surface area contributed by atoms with Crippen LogP contribution in [0.1, 0.15) is 5.56 Å². The number of aryl methyl sites for hydroxylation is 1. The van der Waals surface area contributed by atoms with Gasteiger partial charge in [0.05, 0.1) is 0 Å². The summed E-state index contributed by atoms with van der Waals surface area (Å²) in [5.41, 5.74) is 0.808. The highest BCUT2D eigenvalue weighted by molar-refractivity contribution is 5.77. The second-order valence-electron chi connectivity index (χ2n) is 2.90. The summed E-state index contributed by atoms with van der Waals surface area (Å²) in [7, 11) is 0. The van der Waals surface area contributed by atoms with Gasteiger partial charge in [-0.25, -0.2) is 4.79 Å². The molecule has 0 atom stereocenters. The van der Waals surface area contributed by atoms with E-state index in [9.17, 15) is 9.59 Å². The molecule has 0 aromatic heterocycles. The van der Waals surface area contributed by atoms with Crippen molar-refractivity contribution in [3.8, 4) is 5.75 Å². The van der Waals surface area contributed by atoms with E-state index >= 15 is 0 Å². The lowest BCUT2D eigenvalue weighted by Gasteiger charge is -2.06. The van der Waals surface area contributed by atoms with Gasteiger partial charge in [0, 0.05) is 0 Å². The van der Waals surface area contributed by atoms with Crippen LogP contribution in [0.15, 0.2) is 24.3 Å². The molecule has 2 N–H and O–H groups in total. The Morgan fingerprint density at radius 2 is 2.07 bits per heavy atom. The zero-order chi connectivity index (χ0) is 11.3. The summed E-state index contributed by atoms with van der Waals surface area (Å²) in [6.45, 7) is 1.34. The molecule has 0 heterocycles. The van der Waals surface area contributed by atoms with Crippen LogP contribution >= 0.6 is 0 Å². The SMILES string of the molecule is Cc1ccccc1OC(=O)NCC(=O)O. The Morgan fingerprint density at radius 3 is 2.67 bits per heavy atom. The minimum absolute atomic E-state index is 0.417. The molecule has 1 aromatic rings. The number of aliphatic carboxylic acids is 1. The third-order valence-electron chi connectivity index (χ3n) is 1.68. The van der Waals surface area contributed by atoms with E-state index in [1.807, 2.05) is 6.07 Å². The average Bonchev–Trinajstić information content (AvgIpc) is 2.18. The molecule has 0 unspecified atom stereocenters. The molecule has 15 heavy (non-hydrogen) atoms. The summed E-state index contributed by atoms with van der Waals surface area (Å²) in [6, 6.07) is 6.97. The molecule has 0 aliphatic carbocycles. The first-order chi connectivity index (χ1) is 7.09. The maximum atomic E-state index is 11.1. The topological polar surface area (TPSA) is 75.6 Å². The molecule has 1 amide bonds. The Hall–Kier alpha value is -2.04. The van der Waals surface area contributed by atoms with E-state index in [2.05, 4.69) is 5.32 Å². The van der Waals surface area contributed by atoms with Crippen molar-refractivity contribution in [2.75, 3.05) is 6.54 Å². The molecular formula is C10H11NO4. The van der Waals surface area contributed by atoms with Gasteiger partial charge in [-0.3, -0.25) is 4.79 Å². The molecule has 0 bridgehead atoms. The van der Waals surface area contributed by atoms with E-state index in [0.29, 0.717) is 5.75 Å². The van der Waals surface area contributed by atoms with Gasteiger partial charge in [-0.05, 0) is 18.6 Å². The minimum Gasteiger partial charge on any atom is -0.480 e. The van der Waals surface area contributed by atoms with Gasteiger partial charge < -0.3 is 15.2 Å². The molecule has 5 nitrogen and oxygen atoms in total. The number of amides is 1. The normalized spacial score (nSPS) is 9.40. The molecule has 1 aromatic carbocycles. The van der Waals surface area contributed by atoms with Crippen molar-refractivity contribution in [1.82, 2.24) is 5.32 Å². The lowest BCUT2D eigenvalue weighted by atomic mass is 10.2. The fourth-order valence-electron chi connectivity index (χ4n) is 0.955. The number of carboxylic acids is 1. The van der Waals surface area contributed by atoms with Gasteiger partial charge >= 0.3 is 12.1 Å². The lowest BCUT2D eigenvalue weighted by Crippen LogP contribution is -2.31. The van der Waals surface area contributed by atoms with Crippen molar-refractivity contribution in [3.63, 3.8) is 0 Å². The highest BCUT2D eigenvalue weighted by Crippen LogP contribution is 2.15. The average molecular weight is 209 g/mol. The van der Waals surface area contributed by atoms with Crippen LogP contribution in [0.25, 0.3) is 0 Å². The van der Waals surface area contributed by atoms with Crippen LogP contribution < -0.4 is 10.1 Å². The molecule has 0 saturated carbocycles. The Kier molecular flexibility index (Phi) is 3.68. The number of para-hydroxylation sites is 1. The third kappa shape index (κ3) is 3.68. The van der Waals surface area contributed by atoms with Crippen molar-refractivity contribution in [2.45, 2.75) is 6.92 Å². The van der Waals surface area contributed by atoms with Crippen LogP contribution in [-0.2, 0) is 4.79 Å². The number of hydrogen-bond acceptors (Lipinski definition) is 3. The fraction of sp³-hybridized carbons (Fsp3) is 0.200. The second-order valence-corrected chi connectivity index (χ2v) is 2.90. The van der Waals surface area contributed by atoms with Crippen LogP contribution in [0.3, 0.4) is 0 Å². The van der Waals surface area contributed by atoms with Crippen LogP contribution in [-0.4, -0.2) is 23.7 Å². The summed E-state index contributed by atoms with van der Waals surface area (Å²) < 4.78 is 4.88. The number of hydrogen-bond donors (Lipinski definition) is 2. The first-order valence-electron chi connectivity index (χ1n) is 4.32. The monoisotopic (exact) mass is 209 g/mol. The predicted octanol–water partition coefficient (Wildman–Crippen LogP) is 1.17. The van der Waals surface area contributed by atoms with E-state index in [1.165, 1.54) is 0 Å². The predicted molar refractivity (Wildman–Crippen MR) is 52.8 cm³/mol. The molecule has 0 fully saturated rings. The lowest BCUT2D eigenvalue weighted by molar-refractivity contribution is -0.135. The molecule has 0 saturated heterocycles. The van der Waals surface area contributed by atoms with E-state index in [1.54, 1.807) is 25.1 Å². The van der Waals surface area contributed by atoms with Gasteiger partial charge in [-0.2, -0.15) is 0 Å². The Labute approximate surface area is 86.7 Å². The van der Waals surface area contributed by atoms with Crippen LogP contribution in [0.5, 0.6) is 5.75 Å². The number of nitrogens with one attached hydrogen (secondary N) is 1. The molecule has 0 aliphatic heterocycles. The van der Waals surface area contributed by atoms with Crippen LogP contribution in [0.2, 0.25) is 0 Å². The molecule has 80 valence electrons. The highest BCUT2D eigenvalue weighted by Gasteiger charge is 2.07.